The molecule has 2 heterocycles. The predicted molar refractivity (Wildman–Crippen MR) is 96.4 cm³/mol. The molecule has 0 bridgehead atoms. The van der Waals surface area contributed by atoms with Gasteiger partial charge in [0.2, 0.25) is 6.04 Å². The Balaban J connectivity index is 1.79. The van der Waals surface area contributed by atoms with Gasteiger partial charge in [0.1, 0.15) is 5.52 Å². The van der Waals surface area contributed by atoms with Crippen LogP contribution in [0.1, 0.15) is 64.5 Å². The Morgan fingerprint density at radius 3 is 2.68 bits per heavy atom. The highest BCUT2D eigenvalue weighted by Gasteiger charge is 2.37. The molecule has 0 fully saturated rings. The molecule has 6 nitrogen and oxygen atoms in total. The second-order valence-electron chi connectivity index (χ2n) is 8.31. The number of nitrogens with zero attached hydrogens (tertiary/aromatic N) is 6. The third-order valence-corrected chi connectivity index (χ3v) is 5.00. The average molecular weight is 339 g/mol. The minimum absolute atomic E-state index is 0.0503. The molecule has 1 aromatic carbocycles. The summed E-state index contributed by atoms with van der Waals surface area (Å²) in [6, 6.07) is 9.10. The molecule has 2 aromatic heterocycles. The molecule has 1 unspecified atom stereocenters. The molecule has 0 aliphatic heterocycles. The zero-order valence-corrected chi connectivity index (χ0v) is 15.8. The van der Waals surface area contributed by atoms with Gasteiger partial charge in [-0.05, 0) is 53.2 Å². The summed E-state index contributed by atoms with van der Waals surface area (Å²) in [5.74, 6) is 0. The molecule has 0 amide bonds. The fourth-order valence-corrected chi connectivity index (χ4v) is 3.88. The lowest BCUT2D eigenvalue weighted by Gasteiger charge is -2.24. The normalized spacial score (nSPS) is 18.1. The fraction of sp³-hybridized carbons (Fsp3) is 0.579. The number of para-hydroxylation sites is 1. The SMILES string of the molecule is CC(C)n1c2ccccc2n[n+]1C1CCc2nnn(C(C)(C)C)c2C1. The molecule has 0 N–H and O–H groups in total. The monoisotopic (exact) mass is 339 g/mol. The summed E-state index contributed by atoms with van der Waals surface area (Å²) in [5, 5.41) is 13.8. The summed E-state index contributed by atoms with van der Waals surface area (Å²) in [4.78, 5) is 2.21. The molecule has 4 rings (SSSR count). The smallest absolute Gasteiger partial charge is 0.216 e. The third-order valence-electron chi connectivity index (χ3n) is 5.00. The molecule has 1 aliphatic rings. The Labute approximate surface area is 148 Å². The predicted octanol–water partition coefficient (Wildman–Crippen LogP) is 2.98. The number of hydrogen-bond acceptors (Lipinski definition) is 3. The van der Waals surface area contributed by atoms with Crippen LogP contribution in [0.2, 0.25) is 0 Å². The van der Waals surface area contributed by atoms with Crippen molar-refractivity contribution in [2.75, 3.05) is 0 Å². The van der Waals surface area contributed by atoms with Gasteiger partial charge in [0, 0.05) is 16.3 Å². The van der Waals surface area contributed by atoms with Crippen LogP contribution in [0.5, 0.6) is 0 Å². The fourth-order valence-electron chi connectivity index (χ4n) is 3.88. The summed E-state index contributed by atoms with van der Waals surface area (Å²) in [7, 11) is 0. The van der Waals surface area contributed by atoms with Crippen LogP contribution in [0.3, 0.4) is 0 Å². The van der Waals surface area contributed by atoms with Crippen LogP contribution in [0.15, 0.2) is 24.3 Å². The van der Waals surface area contributed by atoms with Crippen LogP contribution in [-0.2, 0) is 18.4 Å². The van der Waals surface area contributed by atoms with Gasteiger partial charge in [-0.2, -0.15) is 0 Å². The molecule has 132 valence electrons. The Hall–Kier alpha value is -2.24. The summed E-state index contributed by atoms with van der Waals surface area (Å²) in [5.41, 5.74) is 4.62. The molecular weight excluding hydrogens is 312 g/mol. The van der Waals surface area contributed by atoms with Crippen LogP contribution < -0.4 is 4.80 Å². The lowest BCUT2D eigenvalue weighted by atomic mass is 9.95. The zero-order chi connectivity index (χ0) is 17.8. The van der Waals surface area contributed by atoms with Crippen molar-refractivity contribution in [3.8, 4) is 0 Å². The molecule has 6 heteroatoms. The number of hydrogen-bond donors (Lipinski definition) is 0. The van der Waals surface area contributed by atoms with Crippen molar-refractivity contribution >= 4 is 11.0 Å². The molecule has 25 heavy (non-hydrogen) atoms. The first kappa shape index (κ1) is 16.2. The summed E-state index contributed by atoms with van der Waals surface area (Å²) >= 11 is 0. The minimum Gasteiger partial charge on any atom is -0.244 e. The Morgan fingerprint density at radius 1 is 1.20 bits per heavy atom. The molecular formula is C19H27N6+. The van der Waals surface area contributed by atoms with Gasteiger partial charge in [-0.3, -0.25) is 0 Å². The van der Waals surface area contributed by atoms with Gasteiger partial charge < -0.3 is 0 Å². The van der Waals surface area contributed by atoms with Gasteiger partial charge >= 0.3 is 0 Å². The number of aromatic nitrogens is 6. The van der Waals surface area contributed by atoms with Crippen molar-refractivity contribution in [3.05, 3.63) is 35.7 Å². The van der Waals surface area contributed by atoms with Gasteiger partial charge in [0.15, 0.2) is 5.52 Å². The van der Waals surface area contributed by atoms with Gasteiger partial charge in [-0.1, -0.05) is 17.3 Å². The molecule has 0 radical (unpaired) electrons. The molecule has 0 saturated heterocycles. The third kappa shape index (κ3) is 2.64. The molecule has 0 saturated carbocycles. The molecule has 3 aromatic rings. The van der Waals surface area contributed by atoms with E-state index in [4.69, 9.17) is 5.10 Å². The summed E-state index contributed by atoms with van der Waals surface area (Å²) in [6.07, 6.45) is 2.95. The maximum atomic E-state index is 4.94. The van der Waals surface area contributed by atoms with Crippen molar-refractivity contribution in [3.63, 3.8) is 0 Å². The van der Waals surface area contributed by atoms with E-state index in [1.54, 1.807) is 0 Å². The molecule has 0 spiro atoms. The highest BCUT2D eigenvalue weighted by atomic mass is 15.6. The van der Waals surface area contributed by atoms with Crippen LogP contribution in [0, 0.1) is 0 Å². The molecule has 1 aliphatic carbocycles. The second kappa shape index (κ2) is 5.64. The Bertz CT molecular complexity index is 912. The number of rotatable bonds is 2. The maximum absolute atomic E-state index is 4.94. The lowest BCUT2D eigenvalue weighted by Crippen LogP contribution is -2.52. The summed E-state index contributed by atoms with van der Waals surface area (Å²) < 4.78 is 4.42. The highest BCUT2D eigenvalue weighted by Crippen LogP contribution is 2.28. The number of benzene rings is 1. The highest BCUT2D eigenvalue weighted by molar-refractivity contribution is 5.73. The van der Waals surface area contributed by atoms with Crippen LogP contribution in [0.4, 0.5) is 0 Å². The zero-order valence-electron chi connectivity index (χ0n) is 15.8. The van der Waals surface area contributed by atoms with Gasteiger partial charge in [-0.25, -0.2) is 4.68 Å². The first-order chi connectivity index (χ1) is 11.9. The summed E-state index contributed by atoms with van der Waals surface area (Å²) in [6.45, 7) is 11.0. The van der Waals surface area contributed by atoms with E-state index in [2.05, 4.69) is 83.4 Å². The van der Waals surface area contributed by atoms with E-state index in [1.165, 1.54) is 11.2 Å². The van der Waals surface area contributed by atoms with Crippen molar-refractivity contribution in [1.82, 2.24) is 24.8 Å². The first-order valence-electron chi connectivity index (χ1n) is 9.19. The van der Waals surface area contributed by atoms with Crippen molar-refractivity contribution in [1.29, 1.82) is 0 Å². The van der Waals surface area contributed by atoms with E-state index in [1.807, 2.05) is 0 Å². The van der Waals surface area contributed by atoms with E-state index in [0.717, 1.165) is 30.5 Å². The van der Waals surface area contributed by atoms with E-state index < -0.39 is 0 Å². The lowest BCUT2D eigenvalue weighted by molar-refractivity contribution is -0.846. The van der Waals surface area contributed by atoms with E-state index >= 15 is 0 Å². The van der Waals surface area contributed by atoms with E-state index in [0.29, 0.717) is 12.1 Å². The number of fused-ring (bicyclic) bond motifs is 2. The van der Waals surface area contributed by atoms with Crippen LogP contribution >= 0.6 is 0 Å². The maximum Gasteiger partial charge on any atom is 0.216 e. The van der Waals surface area contributed by atoms with E-state index in [9.17, 15) is 0 Å². The van der Waals surface area contributed by atoms with Crippen molar-refractivity contribution < 1.29 is 4.80 Å². The van der Waals surface area contributed by atoms with Crippen molar-refractivity contribution in [2.24, 2.45) is 0 Å². The topological polar surface area (TPSA) is 52.4 Å². The first-order valence-corrected chi connectivity index (χ1v) is 9.19. The van der Waals surface area contributed by atoms with Crippen LogP contribution in [0.25, 0.3) is 11.0 Å². The standard InChI is InChI=1S/C19H27N6/c1-13(2)23-17-9-7-6-8-16(17)21-25(23)14-10-11-15-18(12-14)24(22-20-15)19(3,4)5/h6-9,13-14H,10-12H2,1-5H3/q+1. The van der Waals surface area contributed by atoms with E-state index in [-0.39, 0.29) is 5.54 Å². The van der Waals surface area contributed by atoms with Crippen LogP contribution in [-0.4, -0.2) is 24.8 Å². The number of aryl methyl sites for hydroxylation is 1. The Kier molecular flexibility index (Phi) is 3.67. The Morgan fingerprint density at radius 2 is 1.96 bits per heavy atom. The van der Waals surface area contributed by atoms with Gasteiger partial charge in [-0.15, -0.1) is 9.78 Å². The van der Waals surface area contributed by atoms with Gasteiger partial charge in [0.25, 0.3) is 0 Å². The average Bonchev–Trinajstić information content (AvgIpc) is 3.15. The second-order valence-corrected chi connectivity index (χ2v) is 8.31. The quantitative estimate of drug-likeness (QED) is 0.675. The minimum atomic E-state index is -0.0503. The largest absolute Gasteiger partial charge is 0.244 e. The van der Waals surface area contributed by atoms with Crippen molar-refractivity contribution in [2.45, 2.75) is 71.5 Å². The molecule has 1 atom stereocenters. The van der Waals surface area contributed by atoms with Gasteiger partial charge in [0.05, 0.1) is 29.4 Å².